The van der Waals surface area contributed by atoms with Crippen LogP contribution in [0.15, 0.2) is 23.8 Å². The molecule has 0 heteroatoms. The summed E-state index contributed by atoms with van der Waals surface area (Å²) >= 11 is 0. The van der Waals surface area contributed by atoms with Crippen molar-refractivity contribution in [2.75, 3.05) is 0 Å². The first-order valence-corrected chi connectivity index (χ1v) is 4.94. The summed E-state index contributed by atoms with van der Waals surface area (Å²) in [4.78, 5) is 0. The van der Waals surface area contributed by atoms with Crippen molar-refractivity contribution >= 4 is 0 Å². The first kappa shape index (κ1) is 9.57. The molecule has 0 aromatic heterocycles. The van der Waals surface area contributed by atoms with Gasteiger partial charge in [-0.3, -0.25) is 0 Å². The van der Waals surface area contributed by atoms with Crippen molar-refractivity contribution in [2.45, 2.75) is 40.5 Å². The highest BCUT2D eigenvalue weighted by Gasteiger charge is 2.17. The average molecular weight is 164 g/mol. The lowest BCUT2D eigenvalue weighted by atomic mass is 9.81. The van der Waals surface area contributed by atoms with Crippen LogP contribution in [0, 0.1) is 11.3 Å². The smallest absolute Gasteiger partial charge is 0.0137 e. The quantitative estimate of drug-likeness (QED) is 0.580. The van der Waals surface area contributed by atoms with Crippen LogP contribution < -0.4 is 0 Å². The van der Waals surface area contributed by atoms with Crippen molar-refractivity contribution in [3.05, 3.63) is 23.8 Å². The van der Waals surface area contributed by atoms with E-state index in [4.69, 9.17) is 0 Å². The molecule has 0 N–H and O–H groups in total. The number of rotatable bonds is 2. The molecule has 0 radical (unpaired) electrons. The zero-order valence-electron chi connectivity index (χ0n) is 8.72. The molecule has 0 saturated carbocycles. The fourth-order valence-corrected chi connectivity index (χ4v) is 1.44. The maximum Gasteiger partial charge on any atom is -0.0137 e. The lowest BCUT2D eigenvalue weighted by molar-refractivity contribution is 0.475. The Balaban J connectivity index is 2.64. The van der Waals surface area contributed by atoms with Gasteiger partial charge in [-0.05, 0) is 29.7 Å². The van der Waals surface area contributed by atoms with E-state index in [9.17, 15) is 0 Å². The first-order valence-electron chi connectivity index (χ1n) is 4.94. The fourth-order valence-electron chi connectivity index (χ4n) is 1.44. The van der Waals surface area contributed by atoms with E-state index in [1.54, 1.807) is 0 Å². The standard InChI is InChI=1S/C12H20/c1-5-10(2)11-6-8-12(3,4)9-7-11/h6-8,10H,5,9H2,1-4H3. The molecule has 12 heavy (non-hydrogen) atoms. The van der Waals surface area contributed by atoms with E-state index < -0.39 is 0 Å². The second-order valence-electron chi connectivity index (χ2n) is 4.54. The Morgan fingerprint density at radius 2 is 2.17 bits per heavy atom. The average Bonchev–Trinajstić information content (AvgIpc) is 2.03. The van der Waals surface area contributed by atoms with E-state index >= 15 is 0 Å². The van der Waals surface area contributed by atoms with Crippen LogP contribution >= 0.6 is 0 Å². The molecule has 0 amide bonds. The van der Waals surface area contributed by atoms with Crippen molar-refractivity contribution in [2.24, 2.45) is 11.3 Å². The molecule has 0 nitrogen and oxygen atoms in total. The summed E-state index contributed by atoms with van der Waals surface area (Å²) in [6.45, 7) is 9.12. The normalized spacial score (nSPS) is 23.5. The van der Waals surface area contributed by atoms with Crippen LogP contribution in [0.2, 0.25) is 0 Å². The molecule has 0 aromatic rings. The van der Waals surface area contributed by atoms with Gasteiger partial charge < -0.3 is 0 Å². The molecule has 0 saturated heterocycles. The van der Waals surface area contributed by atoms with Gasteiger partial charge in [-0.1, -0.05) is 45.9 Å². The van der Waals surface area contributed by atoms with E-state index in [-0.39, 0.29) is 0 Å². The third-order valence-electron chi connectivity index (χ3n) is 2.77. The zero-order valence-corrected chi connectivity index (χ0v) is 8.72. The SMILES string of the molecule is CCC(C)C1=CCC(C)(C)C=C1. The van der Waals surface area contributed by atoms with Crippen LogP contribution in [-0.2, 0) is 0 Å². The lowest BCUT2D eigenvalue weighted by Gasteiger charge is -2.24. The monoisotopic (exact) mass is 164 g/mol. The molecular weight excluding hydrogens is 144 g/mol. The van der Waals surface area contributed by atoms with Crippen LogP contribution in [0.3, 0.4) is 0 Å². The van der Waals surface area contributed by atoms with Gasteiger partial charge in [0.15, 0.2) is 0 Å². The Bertz CT molecular complexity index is 206. The molecule has 1 atom stereocenters. The minimum absolute atomic E-state index is 0.386. The summed E-state index contributed by atoms with van der Waals surface area (Å²) in [5.41, 5.74) is 1.91. The highest BCUT2D eigenvalue weighted by Crippen LogP contribution is 2.31. The minimum Gasteiger partial charge on any atom is -0.0802 e. The Labute approximate surface area is 76.4 Å². The molecule has 0 aliphatic heterocycles. The van der Waals surface area contributed by atoms with Crippen molar-refractivity contribution in [1.29, 1.82) is 0 Å². The summed E-state index contributed by atoms with van der Waals surface area (Å²) in [7, 11) is 0. The zero-order chi connectivity index (χ0) is 9.19. The highest BCUT2D eigenvalue weighted by atomic mass is 14.2. The van der Waals surface area contributed by atoms with Crippen molar-refractivity contribution in [1.82, 2.24) is 0 Å². The van der Waals surface area contributed by atoms with Crippen LogP contribution in [0.4, 0.5) is 0 Å². The van der Waals surface area contributed by atoms with Gasteiger partial charge in [0.2, 0.25) is 0 Å². The van der Waals surface area contributed by atoms with E-state index in [0.717, 1.165) is 5.92 Å². The molecule has 1 aliphatic rings. The van der Waals surface area contributed by atoms with E-state index in [0.29, 0.717) is 5.41 Å². The Hall–Kier alpha value is -0.520. The second-order valence-corrected chi connectivity index (χ2v) is 4.54. The Kier molecular flexibility index (Phi) is 2.76. The second kappa shape index (κ2) is 3.47. The predicted molar refractivity (Wildman–Crippen MR) is 55.1 cm³/mol. The molecule has 1 aliphatic carbocycles. The number of hydrogen-bond acceptors (Lipinski definition) is 0. The topological polar surface area (TPSA) is 0 Å². The molecule has 0 heterocycles. The summed E-state index contributed by atoms with van der Waals surface area (Å²) < 4.78 is 0. The molecule has 1 rings (SSSR count). The minimum atomic E-state index is 0.386. The van der Waals surface area contributed by atoms with Crippen LogP contribution in [0.25, 0.3) is 0 Å². The van der Waals surface area contributed by atoms with Gasteiger partial charge in [-0.2, -0.15) is 0 Å². The van der Waals surface area contributed by atoms with Gasteiger partial charge in [0.05, 0.1) is 0 Å². The Morgan fingerprint density at radius 1 is 1.50 bits per heavy atom. The number of allylic oxidation sites excluding steroid dienone is 4. The van der Waals surface area contributed by atoms with Gasteiger partial charge in [-0.15, -0.1) is 0 Å². The molecule has 0 aromatic carbocycles. The summed E-state index contributed by atoms with van der Waals surface area (Å²) in [6.07, 6.45) is 9.49. The summed E-state index contributed by atoms with van der Waals surface area (Å²) in [5, 5.41) is 0. The van der Waals surface area contributed by atoms with E-state index in [1.807, 2.05) is 0 Å². The van der Waals surface area contributed by atoms with Crippen LogP contribution in [0.5, 0.6) is 0 Å². The van der Waals surface area contributed by atoms with Gasteiger partial charge in [0.1, 0.15) is 0 Å². The number of hydrogen-bond donors (Lipinski definition) is 0. The van der Waals surface area contributed by atoms with Crippen LogP contribution in [0.1, 0.15) is 40.5 Å². The first-order chi connectivity index (χ1) is 5.55. The van der Waals surface area contributed by atoms with Crippen molar-refractivity contribution < 1.29 is 0 Å². The van der Waals surface area contributed by atoms with Gasteiger partial charge in [0.25, 0.3) is 0 Å². The molecule has 0 spiro atoms. The predicted octanol–water partition coefficient (Wildman–Crippen LogP) is 3.95. The van der Waals surface area contributed by atoms with E-state index in [2.05, 4.69) is 45.9 Å². The maximum atomic E-state index is 2.40. The van der Waals surface area contributed by atoms with Crippen molar-refractivity contribution in [3.63, 3.8) is 0 Å². The van der Waals surface area contributed by atoms with Gasteiger partial charge in [-0.25, -0.2) is 0 Å². The van der Waals surface area contributed by atoms with Gasteiger partial charge in [0, 0.05) is 0 Å². The largest absolute Gasteiger partial charge is 0.0802 e. The third-order valence-corrected chi connectivity index (χ3v) is 2.77. The lowest BCUT2D eigenvalue weighted by Crippen LogP contribution is -2.11. The molecular formula is C12H20. The van der Waals surface area contributed by atoms with Gasteiger partial charge >= 0.3 is 0 Å². The third kappa shape index (κ3) is 2.23. The summed E-state index contributed by atoms with van der Waals surface area (Å²) in [5.74, 6) is 0.734. The highest BCUT2D eigenvalue weighted by molar-refractivity contribution is 5.27. The van der Waals surface area contributed by atoms with E-state index in [1.165, 1.54) is 18.4 Å². The van der Waals surface area contributed by atoms with Crippen molar-refractivity contribution in [3.8, 4) is 0 Å². The molecule has 0 bridgehead atoms. The molecule has 68 valence electrons. The Morgan fingerprint density at radius 3 is 2.58 bits per heavy atom. The molecule has 1 unspecified atom stereocenters. The summed E-state index contributed by atoms with van der Waals surface area (Å²) in [6, 6.07) is 0. The molecule has 0 fully saturated rings. The maximum absolute atomic E-state index is 2.40. The van der Waals surface area contributed by atoms with Crippen LogP contribution in [-0.4, -0.2) is 0 Å². The fraction of sp³-hybridized carbons (Fsp3) is 0.667.